The molecule has 1 heterocycles. The van der Waals surface area contributed by atoms with Gasteiger partial charge in [0.05, 0.1) is 12.8 Å². The van der Waals surface area contributed by atoms with Gasteiger partial charge in [-0.05, 0) is 24.3 Å². The minimum absolute atomic E-state index is 0.679. The van der Waals surface area contributed by atoms with Crippen LogP contribution in [0.15, 0.2) is 36.7 Å². The molecule has 0 bridgehead atoms. The molecule has 90 valence electrons. The van der Waals surface area contributed by atoms with Gasteiger partial charge in [-0.25, -0.2) is 0 Å². The van der Waals surface area contributed by atoms with Gasteiger partial charge in [0.15, 0.2) is 0 Å². The minimum atomic E-state index is 0.679. The molecule has 2 rings (SSSR count). The summed E-state index contributed by atoms with van der Waals surface area (Å²) < 4.78 is 7.41. The summed E-state index contributed by atoms with van der Waals surface area (Å²) in [4.78, 5) is 0. The molecule has 0 saturated carbocycles. The van der Waals surface area contributed by atoms with Gasteiger partial charge in [-0.3, -0.25) is 4.68 Å². The number of nitrogens with zero attached hydrogens (tertiary/aromatic N) is 3. The number of rotatable bonds is 6. The third-order valence-corrected chi connectivity index (χ3v) is 2.42. The van der Waals surface area contributed by atoms with Gasteiger partial charge < -0.3 is 10.1 Å². The molecule has 17 heavy (non-hydrogen) atoms. The predicted octanol–water partition coefficient (Wildman–Crippen LogP) is 1.79. The summed E-state index contributed by atoms with van der Waals surface area (Å²) in [6, 6.07) is 7.90. The maximum absolute atomic E-state index is 5.61. The second kappa shape index (κ2) is 5.89. The normalized spacial score (nSPS) is 10.2. The molecule has 0 aliphatic rings. The van der Waals surface area contributed by atoms with E-state index in [1.165, 1.54) is 0 Å². The molecule has 0 radical (unpaired) electrons. The van der Waals surface area contributed by atoms with E-state index in [4.69, 9.17) is 4.74 Å². The maximum atomic E-state index is 5.61. The number of aryl methyl sites for hydroxylation is 1. The van der Waals surface area contributed by atoms with E-state index in [-0.39, 0.29) is 0 Å². The van der Waals surface area contributed by atoms with Gasteiger partial charge in [-0.15, -0.1) is 5.10 Å². The Morgan fingerprint density at radius 2 is 2.12 bits per heavy atom. The van der Waals surface area contributed by atoms with Crippen LogP contribution in [0.5, 0.6) is 5.75 Å². The van der Waals surface area contributed by atoms with Gasteiger partial charge in [-0.1, -0.05) is 5.21 Å². The van der Waals surface area contributed by atoms with Crippen LogP contribution in [0.3, 0.4) is 0 Å². The molecule has 2 aromatic rings. The lowest BCUT2D eigenvalue weighted by atomic mass is 10.3. The molecule has 0 aliphatic heterocycles. The van der Waals surface area contributed by atoms with Crippen LogP contribution in [-0.2, 0) is 6.54 Å². The van der Waals surface area contributed by atoms with Gasteiger partial charge in [0.1, 0.15) is 5.75 Å². The van der Waals surface area contributed by atoms with Crippen molar-refractivity contribution in [2.24, 2.45) is 0 Å². The molecule has 0 saturated heterocycles. The van der Waals surface area contributed by atoms with E-state index < -0.39 is 0 Å². The summed E-state index contributed by atoms with van der Waals surface area (Å²) in [5.74, 6) is 0.891. The zero-order chi connectivity index (χ0) is 11.9. The Bertz CT molecular complexity index is 424. The lowest BCUT2D eigenvalue weighted by Gasteiger charge is -2.07. The van der Waals surface area contributed by atoms with E-state index >= 15 is 0 Å². The molecular weight excluding hydrogens is 216 g/mol. The van der Waals surface area contributed by atoms with Crippen molar-refractivity contribution in [2.45, 2.75) is 13.0 Å². The highest BCUT2D eigenvalue weighted by atomic mass is 16.5. The Hall–Kier alpha value is -2.04. The van der Waals surface area contributed by atoms with Crippen molar-refractivity contribution >= 4 is 5.69 Å². The van der Waals surface area contributed by atoms with Crippen LogP contribution in [0.1, 0.15) is 6.42 Å². The highest BCUT2D eigenvalue weighted by Crippen LogP contribution is 2.15. The highest BCUT2D eigenvalue weighted by molar-refractivity contribution is 5.45. The third-order valence-electron chi connectivity index (χ3n) is 2.42. The van der Waals surface area contributed by atoms with Crippen LogP contribution in [-0.4, -0.2) is 28.6 Å². The van der Waals surface area contributed by atoms with Gasteiger partial charge in [-0.2, -0.15) is 0 Å². The van der Waals surface area contributed by atoms with Crippen LogP contribution in [0, 0.1) is 0 Å². The fourth-order valence-electron chi connectivity index (χ4n) is 1.49. The SMILES string of the molecule is CNc1ccc(OCCCn2ccnn2)cc1. The first kappa shape index (κ1) is 11.4. The number of ether oxygens (including phenoxy) is 1. The molecule has 0 fully saturated rings. The summed E-state index contributed by atoms with van der Waals surface area (Å²) in [5, 5.41) is 10.7. The molecule has 1 aromatic heterocycles. The van der Waals surface area contributed by atoms with Gasteiger partial charge in [0.2, 0.25) is 0 Å². The predicted molar refractivity (Wildman–Crippen MR) is 66.1 cm³/mol. The van der Waals surface area contributed by atoms with Crippen LogP contribution in [0.4, 0.5) is 5.69 Å². The summed E-state index contributed by atoms with van der Waals surface area (Å²) >= 11 is 0. The van der Waals surface area contributed by atoms with Crippen molar-refractivity contribution in [2.75, 3.05) is 19.0 Å². The number of hydrogen-bond donors (Lipinski definition) is 1. The number of benzene rings is 1. The Morgan fingerprint density at radius 3 is 2.76 bits per heavy atom. The summed E-state index contributed by atoms with van der Waals surface area (Å²) in [6.45, 7) is 1.51. The van der Waals surface area contributed by atoms with E-state index in [1.807, 2.05) is 37.5 Å². The number of aromatic nitrogens is 3. The largest absolute Gasteiger partial charge is 0.494 e. The summed E-state index contributed by atoms with van der Waals surface area (Å²) in [7, 11) is 1.90. The Balaban J connectivity index is 1.70. The zero-order valence-corrected chi connectivity index (χ0v) is 9.84. The van der Waals surface area contributed by atoms with Crippen molar-refractivity contribution in [1.29, 1.82) is 0 Å². The van der Waals surface area contributed by atoms with Crippen molar-refractivity contribution in [3.63, 3.8) is 0 Å². The number of nitrogens with one attached hydrogen (secondary N) is 1. The van der Waals surface area contributed by atoms with Crippen LogP contribution >= 0.6 is 0 Å². The average molecular weight is 232 g/mol. The molecule has 0 spiro atoms. The smallest absolute Gasteiger partial charge is 0.119 e. The topological polar surface area (TPSA) is 52.0 Å². The lowest BCUT2D eigenvalue weighted by Crippen LogP contribution is -2.05. The maximum Gasteiger partial charge on any atom is 0.119 e. The van der Waals surface area contributed by atoms with Crippen molar-refractivity contribution in [3.8, 4) is 5.75 Å². The fraction of sp³-hybridized carbons (Fsp3) is 0.333. The molecular formula is C12H16N4O. The molecule has 0 amide bonds. The van der Waals surface area contributed by atoms with Gasteiger partial charge in [0, 0.05) is 31.9 Å². The minimum Gasteiger partial charge on any atom is -0.494 e. The monoisotopic (exact) mass is 232 g/mol. The highest BCUT2D eigenvalue weighted by Gasteiger charge is 1.95. The standard InChI is InChI=1S/C12H16N4O/c1-13-11-3-5-12(6-4-11)17-10-2-8-16-9-7-14-15-16/h3-7,9,13H,2,8,10H2,1H3. The third kappa shape index (κ3) is 3.48. The zero-order valence-electron chi connectivity index (χ0n) is 9.84. The van der Waals surface area contributed by atoms with Crippen LogP contribution in [0.2, 0.25) is 0 Å². The first-order chi connectivity index (χ1) is 8.38. The quantitative estimate of drug-likeness (QED) is 0.771. The number of anilines is 1. The van der Waals surface area contributed by atoms with Gasteiger partial charge >= 0.3 is 0 Å². The number of hydrogen-bond acceptors (Lipinski definition) is 4. The molecule has 1 N–H and O–H groups in total. The molecule has 0 aliphatic carbocycles. The van der Waals surface area contributed by atoms with Crippen molar-refractivity contribution in [3.05, 3.63) is 36.7 Å². The van der Waals surface area contributed by atoms with E-state index in [0.717, 1.165) is 24.4 Å². The first-order valence-corrected chi connectivity index (χ1v) is 5.63. The Morgan fingerprint density at radius 1 is 1.29 bits per heavy atom. The molecule has 1 aromatic carbocycles. The Kier molecular flexibility index (Phi) is 3.96. The van der Waals surface area contributed by atoms with Crippen LogP contribution < -0.4 is 10.1 Å². The molecule has 0 atom stereocenters. The molecule has 5 heteroatoms. The van der Waals surface area contributed by atoms with Crippen molar-refractivity contribution in [1.82, 2.24) is 15.0 Å². The van der Waals surface area contributed by atoms with E-state index in [2.05, 4.69) is 15.6 Å². The molecule has 0 unspecified atom stereocenters. The van der Waals surface area contributed by atoms with E-state index in [9.17, 15) is 0 Å². The fourth-order valence-corrected chi connectivity index (χ4v) is 1.49. The second-order valence-electron chi connectivity index (χ2n) is 3.64. The van der Waals surface area contributed by atoms with Crippen molar-refractivity contribution < 1.29 is 4.74 Å². The lowest BCUT2D eigenvalue weighted by molar-refractivity contribution is 0.298. The summed E-state index contributed by atoms with van der Waals surface area (Å²) in [6.07, 6.45) is 4.44. The van der Waals surface area contributed by atoms with Gasteiger partial charge in [0.25, 0.3) is 0 Å². The molecule has 5 nitrogen and oxygen atoms in total. The Labute approximate surface area is 100 Å². The van der Waals surface area contributed by atoms with Crippen LogP contribution in [0.25, 0.3) is 0 Å². The summed E-state index contributed by atoms with van der Waals surface area (Å²) in [5.41, 5.74) is 1.08. The first-order valence-electron chi connectivity index (χ1n) is 5.63. The van der Waals surface area contributed by atoms with E-state index in [1.54, 1.807) is 10.9 Å². The second-order valence-corrected chi connectivity index (χ2v) is 3.64. The van der Waals surface area contributed by atoms with E-state index in [0.29, 0.717) is 6.61 Å². The average Bonchev–Trinajstić information content (AvgIpc) is 2.88.